The Morgan fingerprint density at radius 2 is 2.00 bits per heavy atom. The van der Waals surface area contributed by atoms with Crippen molar-refractivity contribution in [3.05, 3.63) is 42.5 Å². The molecule has 2 rings (SSSR count). The van der Waals surface area contributed by atoms with Crippen LogP contribution in [-0.2, 0) is 14.8 Å². The van der Waals surface area contributed by atoms with Gasteiger partial charge >= 0.3 is 0 Å². The van der Waals surface area contributed by atoms with E-state index in [1.165, 1.54) is 23.9 Å². The van der Waals surface area contributed by atoms with Crippen molar-refractivity contribution in [2.24, 2.45) is 4.99 Å². The van der Waals surface area contributed by atoms with E-state index in [9.17, 15) is 13.2 Å². The fourth-order valence-electron chi connectivity index (χ4n) is 1.99. The van der Waals surface area contributed by atoms with Gasteiger partial charge in [-0.15, -0.1) is 6.58 Å². The summed E-state index contributed by atoms with van der Waals surface area (Å²) in [6.07, 6.45) is 2.12. The Bertz CT molecular complexity index is 709. The number of hydrogen-bond donors (Lipinski definition) is 0. The molecule has 0 bridgehead atoms. The number of amides is 1. The first kappa shape index (κ1) is 16.8. The van der Waals surface area contributed by atoms with Crippen molar-refractivity contribution in [3.8, 4) is 0 Å². The van der Waals surface area contributed by atoms with E-state index in [0.717, 1.165) is 9.87 Å². The number of aliphatic imine (C=N–C) groups is 1. The monoisotopic (exact) mass is 338 g/mol. The molecule has 1 fully saturated rings. The van der Waals surface area contributed by atoms with Crippen LogP contribution in [0.4, 0.5) is 0 Å². The molecule has 1 heterocycles. The number of carbonyl (C=O) groups excluding carboxylic acids is 1. The molecule has 0 aromatic heterocycles. The lowest BCUT2D eigenvalue weighted by atomic mass is 10.2. The fourth-order valence-corrected chi connectivity index (χ4v) is 4.76. The van der Waals surface area contributed by atoms with E-state index in [1.54, 1.807) is 18.2 Å². The minimum absolute atomic E-state index is 0.0927. The molecule has 22 heavy (non-hydrogen) atoms. The maximum atomic E-state index is 12.8. The SMILES string of the molecule is C=CCN=C1SC(CC)C(=O)N1S(=O)(=O)c1ccc(C)cc1. The molecule has 1 aromatic rings. The largest absolute Gasteiger partial charge is 0.272 e. The number of carbonyl (C=O) groups is 1. The first-order valence-electron chi connectivity index (χ1n) is 6.89. The highest BCUT2D eigenvalue weighted by atomic mass is 32.2. The molecule has 0 N–H and O–H groups in total. The summed E-state index contributed by atoms with van der Waals surface area (Å²) in [6, 6.07) is 6.43. The van der Waals surface area contributed by atoms with E-state index in [0.29, 0.717) is 6.42 Å². The molecule has 1 saturated heterocycles. The van der Waals surface area contributed by atoms with E-state index in [2.05, 4.69) is 11.6 Å². The predicted molar refractivity (Wildman–Crippen MR) is 89.4 cm³/mol. The van der Waals surface area contributed by atoms with Crippen LogP contribution in [0.2, 0.25) is 0 Å². The number of hydrogen-bond acceptors (Lipinski definition) is 5. The highest BCUT2D eigenvalue weighted by Gasteiger charge is 2.44. The molecule has 0 radical (unpaired) electrons. The molecule has 7 heteroatoms. The zero-order valence-electron chi connectivity index (χ0n) is 12.5. The molecule has 1 aliphatic rings. The van der Waals surface area contributed by atoms with Crippen molar-refractivity contribution in [1.82, 2.24) is 4.31 Å². The van der Waals surface area contributed by atoms with E-state index < -0.39 is 21.2 Å². The number of benzene rings is 1. The molecule has 1 aromatic carbocycles. The molecular formula is C15H18N2O3S2. The third kappa shape index (κ3) is 3.10. The molecule has 0 spiro atoms. The van der Waals surface area contributed by atoms with Crippen molar-refractivity contribution >= 4 is 32.9 Å². The number of amidine groups is 1. The Morgan fingerprint density at radius 3 is 2.55 bits per heavy atom. The van der Waals surface area contributed by atoms with Crippen LogP contribution in [0.25, 0.3) is 0 Å². The number of rotatable bonds is 5. The lowest BCUT2D eigenvalue weighted by Crippen LogP contribution is -2.37. The zero-order chi connectivity index (χ0) is 16.3. The van der Waals surface area contributed by atoms with Crippen LogP contribution in [0.3, 0.4) is 0 Å². The fraction of sp³-hybridized carbons (Fsp3) is 0.333. The number of aryl methyl sites for hydroxylation is 1. The first-order chi connectivity index (χ1) is 10.4. The average molecular weight is 338 g/mol. The summed E-state index contributed by atoms with van der Waals surface area (Å²) in [7, 11) is -3.93. The minimum atomic E-state index is -3.93. The van der Waals surface area contributed by atoms with Gasteiger partial charge in [-0.2, -0.15) is 4.31 Å². The summed E-state index contributed by atoms with van der Waals surface area (Å²) < 4.78 is 26.4. The van der Waals surface area contributed by atoms with E-state index >= 15 is 0 Å². The Balaban J connectivity index is 2.47. The van der Waals surface area contributed by atoms with Gasteiger partial charge in [0, 0.05) is 0 Å². The van der Waals surface area contributed by atoms with Crippen molar-refractivity contribution < 1.29 is 13.2 Å². The quantitative estimate of drug-likeness (QED) is 0.774. The molecule has 1 atom stereocenters. The first-order valence-corrected chi connectivity index (χ1v) is 9.21. The summed E-state index contributed by atoms with van der Waals surface area (Å²) in [5, 5.41) is -0.193. The maximum Gasteiger partial charge on any atom is 0.272 e. The Morgan fingerprint density at radius 1 is 1.36 bits per heavy atom. The summed E-state index contributed by atoms with van der Waals surface area (Å²) in [6.45, 7) is 7.56. The van der Waals surface area contributed by atoms with Crippen molar-refractivity contribution in [2.75, 3.05) is 6.54 Å². The number of nitrogens with zero attached hydrogens (tertiary/aromatic N) is 2. The summed E-state index contributed by atoms with van der Waals surface area (Å²) >= 11 is 1.19. The van der Waals surface area contributed by atoms with Gasteiger partial charge in [0.1, 0.15) is 0 Å². The lowest BCUT2D eigenvalue weighted by Gasteiger charge is -2.16. The van der Waals surface area contributed by atoms with Crippen LogP contribution in [-0.4, -0.2) is 35.6 Å². The van der Waals surface area contributed by atoms with Gasteiger partial charge in [-0.05, 0) is 25.5 Å². The van der Waals surface area contributed by atoms with Crippen LogP contribution in [0, 0.1) is 6.92 Å². The molecule has 118 valence electrons. The van der Waals surface area contributed by atoms with Crippen LogP contribution in [0.1, 0.15) is 18.9 Å². The summed E-state index contributed by atoms with van der Waals surface area (Å²) in [4.78, 5) is 16.7. The van der Waals surface area contributed by atoms with Crippen LogP contribution in [0.15, 0.2) is 46.8 Å². The highest BCUT2D eigenvalue weighted by Crippen LogP contribution is 2.33. The van der Waals surface area contributed by atoms with E-state index in [4.69, 9.17) is 0 Å². The summed E-state index contributed by atoms with van der Waals surface area (Å²) in [5.41, 5.74) is 0.952. The maximum absolute atomic E-state index is 12.8. The van der Waals surface area contributed by atoms with Crippen molar-refractivity contribution in [2.45, 2.75) is 30.4 Å². The molecule has 5 nitrogen and oxygen atoms in total. The van der Waals surface area contributed by atoms with Gasteiger partial charge in [-0.25, -0.2) is 8.42 Å². The van der Waals surface area contributed by atoms with Crippen molar-refractivity contribution in [3.63, 3.8) is 0 Å². The van der Waals surface area contributed by atoms with Gasteiger partial charge in [-0.1, -0.05) is 42.5 Å². The highest BCUT2D eigenvalue weighted by molar-refractivity contribution is 8.17. The Labute approximate surface area is 135 Å². The third-order valence-corrected chi connectivity index (χ3v) is 6.34. The van der Waals surface area contributed by atoms with Crippen molar-refractivity contribution in [1.29, 1.82) is 0 Å². The van der Waals surface area contributed by atoms with Gasteiger partial charge < -0.3 is 0 Å². The van der Waals surface area contributed by atoms with E-state index in [-0.39, 0.29) is 16.6 Å². The van der Waals surface area contributed by atoms with Crippen LogP contribution in [0.5, 0.6) is 0 Å². The molecule has 0 aliphatic carbocycles. The number of sulfonamides is 1. The topological polar surface area (TPSA) is 66.8 Å². The standard InChI is InChI=1S/C15H18N2O3S2/c1-4-10-16-15-17(14(18)13(5-2)21-15)22(19,20)12-8-6-11(3)7-9-12/h4,6-9,13H,1,5,10H2,2-3H3. The van der Waals surface area contributed by atoms with Crippen LogP contribution >= 0.6 is 11.8 Å². The Hall–Kier alpha value is -1.60. The van der Waals surface area contributed by atoms with E-state index in [1.807, 2.05) is 13.8 Å². The molecule has 0 saturated carbocycles. The Kier molecular flexibility index (Phi) is 5.08. The summed E-state index contributed by atoms with van der Waals surface area (Å²) in [5.74, 6) is -0.434. The second-order valence-corrected chi connectivity index (χ2v) is 7.80. The second kappa shape index (κ2) is 6.66. The lowest BCUT2D eigenvalue weighted by molar-refractivity contribution is -0.122. The van der Waals surface area contributed by atoms with Gasteiger partial charge in [0.2, 0.25) is 0 Å². The van der Waals surface area contributed by atoms with Gasteiger partial charge in [0.25, 0.3) is 15.9 Å². The average Bonchev–Trinajstić information content (AvgIpc) is 2.82. The molecular weight excluding hydrogens is 320 g/mol. The number of thioether (sulfide) groups is 1. The molecule has 1 unspecified atom stereocenters. The zero-order valence-corrected chi connectivity index (χ0v) is 14.2. The predicted octanol–water partition coefficient (Wildman–Crippen LogP) is 2.58. The van der Waals surface area contributed by atoms with Gasteiger partial charge in [0.15, 0.2) is 5.17 Å². The second-order valence-electron chi connectivity index (χ2n) is 4.85. The molecule has 1 amide bonds. The van der Waals surface area contributed by atoms with Crippen LogP contribution < -0.4 is 0 Å². The normalized spacial score (nSPS) is 20.6. The smallest absolute Gasteiger partial charge is 0.272 e. The minimum Gasteiger partial charge on any atom is -0.272 e. The van der Waals surface area contributed by atoms with Gasteiger partial charge in [-0.3, -0.25) is 9.79 Å². The van der Waals surface area contributed by atoms with Gasteiger partial charge in [0.05, 0.1) is 16.7 Å². The third-order valence-electron chi connectivity index (χ3n) is 3.18. The molecule has 1 aliphatic heterocycles.